The van der Waals surface area contributed by atoms with Gasteiger partial charge in [-0.15, -0.1) is 0 Å². The van der Waals surface area contributed by atoms with Crippen LogP contribution in [0.25, 0.3) is 0 Å². The molecule has 4 N–H and O–H groups in total. The SMILES string of the molecule is Nc1ccccc1NC(=O)c1ccc(CNC=O)nc1. The molecule has 0 aliphatic rings. The smallest absolute Gasteiger partial charge is 0.257 e. The van der Waals surface area contributed by atoms with Gasteiger partial charge in [0.2, 0.25) is 6.41 Å². The fourth-order valence-electron chi connectivity index (χ4n) is 1.61. The zero-order valence-corrected chi connectivity index (χ0v) is 10.7. The van der Waals surface area contributed by atoms with E-state index >= 15 is 0 Å². The molecule has 2 amide bonds. The highest BCUT2D eigenvalue weighted by molar-refractivity contribution is 6.05. The van der Waals surface area contributed by atoms with Crippen LogP contribution in [0.15, 0.2) is 42.6 Å². The van der Waals surface area contributed by atoms with Crippen LogP contribution in [0.1, 0.15) is 16.1 Å². The Kier molecular flexibility index (Phi) is 4.28. The minimum absolute atomic E-state index is 0.287. The lowest BCUT2D eigenvalue weighted by atomic mass is 10.2. The molecule has 0 radical (unpaired) electrons. The fraction of sp³-hybridized carbons (Fsp3) is 0.0714. The van der Waals surface area contributed by atoms with Gasteiger partial charge in [0.25, 0.3) is 5.91 Å². The van der Waals surface area contributed by atoms with Gasteiger partial charge >= 0.3 is 0 Å². The summed E-state index contributed by atoms with van der Waals surface area (Å²) in [6.45, 7) is 0.330. The number of nitrogens with two attached hydrogens (primary N) is 1. The van der Waals surface area contributed by atoms with Crippen molar-refractivity contribution in [2.75, 3.05) is 11.1 Å². The van der Waals surface area contributed by atoms with Gasteiger partial charge < -0.3 is 16.4 Å². The first-order valence-electron chi connectivity index (χ1n) is 5.98. The standard InChI is InChI=1S/C14H14N4O2/c15-12-3-1-2-4-13(12)18-14(20)10-5-6-11(17-7-10)8-16-9-19/h1-7,9H,8,15H2,(H,16,19)(H,18,20). The van der Waals surface area contributed by atoms with Crippen molar-refractivity contribution in [1.82, 2.24) is 10.3 Å². The van der Waals surface area contributed by atoms with Crippen LogP contribution >= 0.6 is 0 Å². The highest BCUT2D eigenvalue weighted by atomic mass is 16.1. The maximum Gasteiger partial charge on any atom is 0.257 e. The second kappa shape index (κ2) is 6.33. The van der Waals surface area contributed by atoms with Gasteiger partial charge in [0.15, 0.2) is 0 Å². The number of nitrogen functional groups attached to an aromatic ring is 1. The fourth-order valence-corrected chi connectivity index (χ4v) is 1.61. The van der Waals surface area contributed by atoms with Gasteiger partial charge in [-0.1, -0.05) is 12.1 Å². The number of para-hydroxylation sites is 2. The Bertz CT molecular complexity index is 611. The highest BCUT2D eigenvalue weighted by Gasteiger charge is 2.08. The second-order valence-corrected chi connectivity index (χ2v) is 4.08. The summed E-state index contributed by atoms with van der Waals surface area (Å²) in [5.41, 5.74) is 7.91. The molecule has 0 saturated carbocycles. The van der Waals surface area contributed by atoms with Gasteiger partial charge in [-0.2, -0.15) is 0 Å². The molecule has 0 aliphatic carbocycles. The first kappa shape index (κ1) is 13.5. The van der Waals surface area contributed by atoms with E-state index in [4.69, 9.17) is 5.73 Å². The van der Waals surface area contributed by atoms with E-state index in [1.165, 1.54) is 6.20 Å². The van der Waals surface area contributed by atoms with Gasteiger partial charge in [-0.25, -0.2) is 0 Å². The minimum atomic E-state index is -0.287. The van der Waals surface area contributed by atoms with E-state index in [9.17, 15) is 9.59 Å². The third-order valence-electron chi connectivity index (χ3n) is 2.66. The molecule has 102 valence electrons. The van der Waals surface area contributed by atoms with Gasteiger partial charge in [0.05, 0.1) is 29.2 Å². The van der Waals surface area contributed by atoms with E-state index in [1.54, 1.807) is 36.4 Å². The molecular formula is C14H14N4O2. The summed E-state index contributed by atoms with van der Waals surface area (Å²) in [5.74, 6) is -0.287. The van der Waals surface area contributed by atoms with Gasteiger partial charge in [-0.05, 0) is 24.3 Å². The Morgan fingerprint density at radius 1 is 1.25 bits per heavy atom. The van der Waals surface area contributed by atoms with Crippen LogP contribution in [0, 0.1) is 0 Å². The van der Waals surface area contributed by atoms with Crippen LogP contribution in [0.4, 0.5) is 11.4 Å². The van der Waals surface area contributed by atoms with Crippen LogP contribution in [0.3, 0.4) is 0 Å². The molecule has 0 spiro atoms. The van der Waals surface area contributed by atoms with Crippen molar-refractivity contribution in [3.8, 4) is 0 Å². The van der Waals surface area contributed by atoms with Crippen molar-refractivity contribution in [2.45, 2.75) is 6.54 Å². The average molecular weight is 270 g/mol. The van der Waals surface area contributed by atoms with E-state index in [1.807, 2.05) is 0 Å². The molecule has 0 saturated heterocycles. The monoisotopic (exact) mass is 270 g/mol. The van der Waals surface area contributed by atoms with Crippen LogP contribution in [0.5, 0.6) is 0 Å². The average Bonchev–Trinajstić information content (AvgIpc) is 2.48. The van der Waals surface area contributed by atoms with Crippen molar-refractivity contribution in [3.05, 3.63) is 53.9 Å². The van der Waals surface area contributed by atoms with Gasteiger partial charge in [0, 0.05) is 6.20 Å². The lowest BCUT2D eigenvalue weighted by molar-refractivity contribution is -0.109. The largest absolute Gasteiger partial charge is 0.397 e. The number of benzene rings is 1. The number of anilines is 2. The van der Waals surface area contributed by atoms with Crippen LogP contribution in [0.2, 0.25) is 0 Å². The van der Waals surface area contributed by atoms with E-state index in [2.05, 4.69) is 15.6 Å². The van der Waals surface area contributed by atoms with E-state index in [0.29, 0.717) is 35.6 Å². The first-order chi connectivity index (χ1) is 9.70. The first-order valence-corrected chi connectivity index (χ1v) is 5.98. The molecule has 20 heavy (non-hydrogen) atoms. The Balaban J connectivity index is 2.06. The zero-order valence-electron chi connectivity index (χ0n) is 10.7. The van der Waals surface area contributed by atoms with Crippen molar-refractivity contribution < 1.29 is 9.59 Å². The number of hydrogen-bond donors (Lipinski definition) is 3. The number of carbonyl (C=O) groups excluding carboxylic acids is 2. The van der Waals surface area contributed by atoms with Crippen LogP contribution in [-0.2, 0) is 11.3 Å². The molecule has 2 aromatic rings. The Hall–Kier alpha value is -2.89. The third kappa shape index (κ3) is 3.32. The second-order valence-electron chi connectivity index (χ2n) is 4.08. The molecule has 0 unspecified atom stereocenters. The van der Waals surface area contributed by atoms with Crippen molar-refractivity contribution >= 4 is 23.7 Å². The number of hydrogen-bond acceptors (Lipinski definition) is 4. The van der Waals surface area contributed by atoms with Crippen molar-refractivity contribution in [2.24, 2.45) is 0 Å². The number of pyridine rings is 1. The summed E-state index contributed by atoms with van der Waals surface area (Å²) in [6.07, 6.45) is 2.05. The van der Waals surface area contributed by atoms with Crippen LogP contribution < -0.4 is 16.4 Å². The van der Waals surface area contributed by atoms with Gasteiger partial charge in [-0.3, -0.25) is 14.6 Å². The number of rotatable bonds is 5. The minimum Gasteiger partial charge on any atom is -0.397 e. The summed E-state index contributed by atoms with van der Waals surface area (Å²) in [4.78, 5) is 26.3. The Labute approximate surface area is 116 Å². The maximum atomic E-state index is 12.0. The summed E-state index contributed by atoms with van der Waals surface area (Å²) in [7, 11) is 0. The summed E-state index contributed by atoms with van der Waals surface area (Å²) in [6, 6.07) is 10.3. The molecule has 0 aliphatic heterocycles. The molecule has 1 aromatic heterocycles. The normalized spacial score (nSPS) is 9.80. The number of nitrogens with zero attached hydrogens (tertiary/aromatic N) is 1. The molecule has 1 aromatic carbocycles. The Morgan fingerprint density at radius 3 is 2.70 bits per heavy atom. The molecule has 1 heterocycles. The number of nitrogens with one attached hydrogen (secondary N) is 2. The van der Waals surface area contributed by atoms with Crippen LogP contribution in [-0.4, -0.2) is 17.3 Å². The quantitative estimate of drug-likeness (QED) is 0.561. The molecule has 0 atom stereocenters. The zero-order chi connectivity index (χ0) is 14.4. The number of aromatic nitrogens is 1. The molecule has 6 heteroatoms. The van der Waals surface area contributed by atoms with E-state index in [0.717, 1.165) is 0 Å². The molecule has 0 bridgehead atoms. The number of amides is 2. The topological polar surface area (TPSA) is 97.1 Å². The molecule has 2 rings (SSSR count). The predicted molar refractivity (Wildman–Crippen MR) is 75.9 cm³/mol. The molecule has 6 nitrogen and oxygen atoms in total. The summed E-state index contributed by atoms with van der Waals surface area (Å²) in [5, 5.41) is 5.21. The predicted octanol–water partition coefficient (Wildman–Crippen LogP) is 1.16. The summed E-state index contributed by atoms with van der Waals surface area (Å²) >= 11 is 0. The lowest BCUT2D eigenvalue weighted by Crippen LogP contribution is -2.15. The lowest BCUT2D eigenvalue weighted by Gasteiger charge is -2.08. The van der Waals surface area contributed by atoms with Gasteiger partial charge in [0.1, 0.15) is 0 Å². The molecule has 0 fully saturated rings. The maximum absolute atomic E-state index is 12.0. The van der Waals surface area contributed by atoms with E-state index in [-0.39, 0.29) is 5.91 Å². The third-order valence-corrected chi connectivity index (χ3v) is 2.66. The van der Waals surface area contributed by atoms with Crippen molar-refractivity contribution in [3.63, 3.8) is 0 Å². The Morgan fingerprint density at radius 2 is 2.05 bits per heavy atom. The highest BCUT2D eigenvalue weighted by Crippen LogP contribution is 2.17. The van der Waals surface area contributed by atoms with Crippen molar-refractivity contribution in [1.29, 1.82) is 0 Å². The molecular weight excluding hydrogens is 256 g/mol. The number of carbonyl (C=O) groups is 2. The van der Waals surface area contributed by atoms with E-state index < -0.39 is 0 Å². The summed E-state index contributed by atoms with van der Waals surface area (Å²) < 4.78 is 0.